The number of alkyl halides is 3. The molecule has 1 aromatic carbocycles. The Balaban J connectivity index is 2.89. The summed E-state index contributed by atoms with van der Waals surface area (Å²) in [5.41, 5.74) is 0. The molecular formula is C8H6F4O2. The highest BCUT2D eigenvalue weighted by molar-refractivity contribution is 5.33. The van der Waals surface area contributed by atoms with Gasteiger partial charge in [-0.15, -0.1) is 13.2 Å². The van der Waals surface area contributed by atoms with Crippen molar-refractivity contribution >= 4 is 0 Å². The second kappa shape index (κ2) is 3.73. The van der Waals surface area contributed by atoms with E-state index in [9.17, 15) is 17.6 Å². The Hall–Kier alpha value is -1.46. The molecule has 0 fully saturated rings. The van der Waals surface area contributed by atoms with Gasteiger partial charge in [0, 0.05) is 6.07 Å². The monoisotopic (exact) mass is 210 g/mol. The van der Waals surface area contributed by atoms with Gasteiger partial charge in [-0.1, -0.05) is 0 Å². The summed E-state index contributed by atoms with van der Waals surface area (Å²) < 4.78 is 55.9. The lowest BCUT2D eigenvalue weighted by atomic mass is 10.3. The Morgan fingerprint density at radius 1 is 1.21 bits per heavy atom. The molecule has 2 nitrogen and oxygen atoms in total. The lowest BCUT2D eigenvalue weighted by Gasteiger charge is -2.09. The number of rotatable bonds is 2. The fourth-order valence-corrected chi connectivity index (χ4v) is 0.816. The number of halogens is 4. The summed E-state index contributed by atoms with van der Waals surface area (Å²) in [5, 5.41) is 0. The first-order valence-corrected chi connectivity index (χ1v) is 3.51. The maximum atomic E-state index is 12.9. The van der Waals surface area contributed by atoms with Crippen LogP contribution >= 0.6 is 0 Å². The van der Waals surface area contributed by atoms with Crippen molar-refractivity contribution in [3.05, 3.63) is 24.0 Å². The zero-order valence-electron chi connectivity index (χ0n) is 7.06. The standard InChI is InChI=1S/C8H6F4O2/c1-13-5-2-3-7(6(9)4-5)14-8(10,11)12/h2-4H,1H3. The minimum atomic E-state index is -4.89. The van der Waals surface area contributed by atoms with Crippen LogP contribution in [-0.2, 0) is 0 Å². The van der Waals surface area contributed by atoms with Crippen molar-refractivity contribution in [1.82, 2.24) is 0 Å². The SMILES string of the molecule is COc1ccc(OC(F)(F)F)c(F)c1. The molecule has 78 valence electrons. The average Bonchev–Trinajstić information content (AvgIpc) is 2.06. The fourth-order valence-electron chi connectivity index (χ4n) is 0.816. The molecule has 0 aliphatic rings. The quantitative estimate of drug-likeness (QED) is 0.698. The van der Waals surface area contributed by atoms with Crippen molar-refractivity contribution in [2.24, 2.45) is 0 Å². The predicted octanol–water partition coefficient (Wildman–Crippen LogP) is 2.73. The van der Waals surface area contributed by atoms with Crippen LogP contribution in [0.2, 0.25) is 0 Å². The van der Waals surface area contributed by atoms with Gasteiger partial charge >= 0.3 is 6.36 Å². The van der Waals surface area contributed by atoms with Gasteiger partial charge < -0.3 is 9.47 Å². The maximum Gasteiger partial charge on any atom is 0.573 e. The average molecular weight is 210 g/mol. The smallest absolute Gasteiger partial charge is 0.497 e. The van der Waals surface area contributed by atoms with Crippen LogP contribution in [0.4, 0.5) is 17.6 Å². The molecule has 0 radical (unpaired) electrons. The van der Waals surface area contributed by atoms with Gasteiger partial charge in [0.15, 0.2) is 11.6 Å². The Bertz CT molecular complexity index is 322. The summed E-state index contributed by atoms with van der Waals surface area (Å²) in [5.74, 6) is -1.88. The van der Waals surface area contributed by atoms with Crippen LogP contribution in [-0.4, -0.2) is 13.5 Å². The zero-order chi connectivity index (χ0) is 10.8. The second-order valence-electron chi connectivity index (χ2n) is 2.34. The number of hydrogen-bond acceptors (Lipinski definition) is 2. The number of benzene rings is 1. The Labute approximate surface area is 77.1 Å². The van der Waals surface area contributed by atoms with Gasteiger partial charge in [0.05, 0.1) is 7.11 Å². The number of ether oxygens (including phenoxy) is 2. The van der Waals surface area contributed by atoms with Gasteiger partial charge in [-0.2, -0.15) is 0 Å². The summed E-state index contributed by atoms with van der Waals surface area (Å²) >= 11 is 0. The van der Waals surface area contributed by atoms with Gasteiger partial charge in [0.1, 0.15) is 5.75 Å². The van der Waals surface area contributed by atoms with Gasteiger partial charge in [0.25, 0.3) is 0 Å². The minimum Gasteiger partial charge on any atom is -0.497 e. The van der Waals surface area contributed by atoms with E-state index in [0.717, 1.165) is 12.1 Å². The lowest BCUT2D eigenvalue weighted by molar-refractivity contribution is -0.275. The molecule has 0 bridgehead atoms. The molecule has 6 heteroatoms. The van der Waals surface area contributed by atoms with Gasteiger partial charge in [-0.3, -0.25) is 0 Å². The van der Waals surface area contributed by atoms with Crippen LogP contribution in [0.15, 0.2) is 18.2 Å². The van der Waals surface area contributed by atoms with E-state index < -0.39 is 17.9 Å². The molecule has 0 saturated heterocycles. The first kappa shape index (κ1) is 10.6. The van der Waals surface area contributed by atoms with Crippen LogP contribution in [0.25, 0.3) is 0 Å². The van der Waals surface area contributed by atoms with E-state index in [2.05, 4.69) is 9.47 Å². The summed E-state index contributed by atoms with van der Waals surface area (Å²) in [4.78, 5) is 0. The van der Waals surface area contributed by atoms with E-state index in [1.54, 1.807) is 0 Å². The van der Waals surface area contributed by atoms with E-state index in [1.165, 1.54) is 13.2 Å². The van der Waals surface area contributed by atoms with Gasteiger partial charge in [0.2, 0.25) is 0 Å². The molecule has 0 amide bonds. The lowest BCUT2D eigenvalue weighted by Crippen LogP contribution is -2.17. The first-order valence-electron chi connectivity index (χ1n) is 3.51. The van der Waals surface area contributed by atoms with Crippen molar-refractivity contribution < 1.29 is 27.0 Å². The van der Waals surface area contributed by atoms with Crippen molar-refractivity contribution in [3.63, 3.8) is 0 Å². The summed E-state index contributed by atoms with van der Waals surface area (Å²) in [6.45, 7) is 0. The molecule has 0 spiro atoms. The van der Waals surface area contributed by atoms with Crippen LogP contribution < -0.4 is 9.47 Å². The Kier molecular flexibility index (Phi) is 2.83. The van der Waals surface area contributed by atoms with E-state index in [-0.39, 0.29) is 5.75 Å². The maximum absolute atomic E-state index is 12.9. The molecule has 0 aliphatic carbocycles. The molecule has 0 N–H and O–H groups in total. The van der Waals surface area contributed by atoms with Crippen molar-refractivity contribution in [2.45, 2.75) is 6.36 Å². The topological polar surface area (TPSA) is 18.5 Å². The van der Waals surface area contributed by atoms with Crippen LogP contribution in [0.3, 0.4) is 0 Å². The largest absolute Gasteiger partial charge is 0.573 e. The van der Waals surface area contributed by atoms with Gasteiger partial charge in [-0.25, -0.2) is 4.39 Å². The second-order valence-corrected chi connectivity index (χ2v) is 2.34. The Morgan fingerprint density at radius 3 is 2.29 bits per heavy atom. The molecule has 14 heavy (non-hydrogen) atoms. The van der Waals surface area contributed by atoms with E-state index >= 15 is 0 Å². The highest BCUT2D eigenvalue weighted by Gasteiger charge is 2.32. The highest BCUT2D eigenvalue weighted by atomic mass is 19.4. The molecule has 0 heterocycles. The van der Waals surface area contributed by atoms with Gasteiger partial charge in [-0.05, 0) is 12.1 Å². The van der Waals surface area contributed by atoms with Crippen molar-refractivity contribution in [1.29, 1.82) is 0 Å². The first-order chi connectivity index (χ1) is 6.42. The highest BCUT2D eigenvalue weighted by Crippen LogP contribution is 2.27. The van der Waals surface area contributed by atoms with Crippen molar-refractivity contribution in [3.8, 4) is 11.5 Å². The summed E-state index contributed by atoms with van der Waals surface area (Å²) in [7, 11) is 1.28. The normalized spacial score (nSPS) is 11.2. The third-order valence-electron chi connectivity index (χ3n) is 1.36. The molecule has 0 aromatic heterocycles. The van der Waals surface area contributed by atoms with Crippen LogP contribution in [0.5, 0.6) is 11.5 Å². The molecule has 1 rings (SSSR count). The molecular weight excluding hydrogens is 204 g/mol. The molecule has 1 aromatic rings. The molecule has 0 atom stereocenters. The number of methoxy groups -OCH3 is 1. The molecule has 0 aliphatic heterocycles. The fraction of sp³-hybridized carbons (Fsp3) is 0.250. The summed E-state index contributed by atoms with van der Waals surface area (Å²) in [6.07, 6.45) is -4.89. The molecule has 0 unspecified atom stereocenters. The van der Waals surface area contributed by atoms with Crippen molar-refractivity contribution in [2.75, 3.05) is 7.11 Å². The van der Waals surface area contributed by atoms with Crippen LogP contribution in [0.1, 0.15) is 0 Å². The third kappa shape index (κ3) is 2.79. The minimum absolute atomic E-state index is 0.122. The van der Waals surface area contributed by atoms with E-state index in [0.29, 0.717) is 0 Å². The summed E-state index contributed by atoms with van der Waals surface area (Å²) in [6, 6.07) is 2.83. The van der Waals surface area contributed by atoms with E-state index in [4.69, 9.17) is 0 Å². The third-order valence-corrected chi connectivity index (χ3v) is 1.36. The predicted molar refractivity (Wildman–Crippen MR) is 39.6 cm³/mol. The van der Waals surface area contributed by atoms with E-state index in [1.807, 2.05) is 0 Å². The zero-order valence-corrected chi connectivity index (χ0v) is 7.06. The Morgan fingerprint density at radius 2 is 1.86 bits per heavy atom. The van der Waals surface area contributed by atoms with Crippen LogP contribution in [0, 0.1) is 5.82 Å². The number of hydrogen-bond donors (Lipinski definition) is 0. The molecule has 0 saturated carbocycles.